The van der Waals surface area contributed by atoms with Crippen molar-refractivity contribution in [1.29, 1.82) is 0 Å². The number of hydrogen-bond donors (Lipinski definition) is 2. The van der Waals surface area contributed by atoms with E-state index in [1.165, 1.54) is 23.1 Å². The van der Waals surface area contributed by atoms with Crippen LogP contribution >= 0.6 is 0 Å². The number of anilines is 2. The van der Waals surface area contributed by atoms with E-state index in [1.54, 1.807) is 29.2 Å². The van der Waals surface area contributed by atoms with Crippen LogP contribution in [0.1, 0.15) is 35.7 Å². The number of piperazine rings is 1. The molecule has 0 radical (unpaired) electrons. The predicted octanol–water partition coefficient (Wildman–Crippen LogP) is 5.27. The third-order valence-electron chi connectivity index (χ3n) is 6.90. The molecule has 1 saturated heterocycles. The number of rotatable bonds is 8. The van der Waals surface area contributed by atoms with E-state index >= 15 is 0 Å². The number of fused-ring (bicyclic) bond motifs is 1. The summed E-state index contributed by atoms with van der Waals surface area (Å²) < 4.78 is 28.7. The van der Waals surface area contributed by atoms with Gasteiger partial charge in [-0.25, -0.2) is 8.42 Å². The number of aryl methyl sites for hydroxylation is 1. The van der Waals surface area contributed by atoms with Gasteiger partial charge in [-0.2, -0.15) is 0 Å². The summed E-state index contributed by atoms with van der Waals surface area (Å²) in [7, 11) is -3.82. The van der Waals surface area contributed by atoms with Crippen molar-refractivity contribution in [1.82, 2.24) is 9.88 Å². The van der Waals surface area contributed by atoms with Crippen molar-refractivity contribution in [2.45, 2.75) is 31.1 Å². The Balaban J connectivity index is 1.25. The molecule has 5 rings (SSSR count). The first-order chi connectivity index (χ1) is 17.9. The number of nitrogens with zero attached hydrogens (tertiary/aromatic N) is 2. The quantitative estimate of drug-likeness (QED) is 0.334. The predicted molar refractivity (Wildman–Crippen MR) is 149 cm³/mol. The average molecular weight is 517 g/mol. The maximum Gasteiger partial charge on any atom is 0.261 e. The summed E-state index contributed by atoms with van der Waals surface area (Å²) >= 11 is 0. The Bertz CT molecular complexity index is 1490. The van der Waals surface area contributed by atoms with Crippen LogP contribution in [0.3, 0.4) is 0 Å². The van der Waals surface area contributed by atoms with Gasteiger partial charge in [0.2, 0.25) is 0 Å². The molecule has 37 heavy (non-hydrogen) atoms. The number of aromatic nitrogens is 1. The highest BCUT2D eigenvalue weighted by molar-refractivity contribution is 7.92. The van der Waals surface area contributed by atoms with Gasteiger partial charge in [-0.3, -0.25) is 9.52 Å². The van der Waals surface area contributed by atoms with E-state index in [9.17, 15) is 13.2 Å². The second-order valence-electron chi connectivity index (χ2n) is 9.43. The summed E-state index contributed by atoms with van der Waals surface area (Å²) in [4.78, 5) is 20.7. The van der Waals surface area contributed by atoms with Gasteiger partial charge in [0, 0.05) is 60.2 Å². The van der Waals surface area contributed by atoms with Crippen molar-refractivity contribution in [2.24, 2.45) is 0 Å². The zero-order valence-electron chi connectivity index (χ0n) is 21.0. The molecule has 4 aromatic rings. The van der Waals surface area contributed by atoms with Gasteiger partial charge in [0.1, 0.15) is 0 Å². The standard InChI is InChI=1S/C29H32N4O3S/c1-2-3-6-22-11-13-24(14-12-22)31-37(35,36)25-8-4-7-23(21-25)29(34)33-19-17-32(18-20-33)28-10-5-9-27-26(28)15-16-30-27/h4-5,7-16,21,30-31H,2-3,6,17-20H2,1H3. The van der Waals surface area contributed by atoms with Gasteiger partial charge in [0.05, 0.1) is 4.90 Å². The minimum Gasteiger partial charge on any atom is -0.367 e. The molecule has 1 aromatic heterocycles. The van der Waals surface area contributed by atoms with E-state index in [1.807, 2.05) is 24.4 Å². The minimum absolute atomic E-state index is 0.0752. The number of aromatic amines is 1. The van der Waals surface area contributed by atoms with E-state index in [-0.39, 0.29) is 10.8 Å². The molecule has 0 unspecified atom stereocenters. The topological polar surface area (TPSA) is 85.5 Å². The molecular weight excluding hydrogens is 484 g/mol. The Kier molecular flexibility index (Phi) is 7.19. The van der Waals surface area contributed by atoms with Crippen molar-refractivity contribution >= 4 is 38.2 Å². The van der Waals surface area contributed by atoms with Crippen molar-refractivity contribution in [3.8, 4) is 0 Å². The van der Waals surface area contributed by atoms with Gasteiger partial charge in [-0.05, 0) is 66.9 Å². The van der Waals surface area contributed by atoms with Gasteiger partial charge in [0.25, 0.3) is 15.9 Å². The van der Waals surface area contributed by atoms with Crippen molar-refractivity contribution in [2.75, 3.05) is 35.8 Å². The van der Waals surface area contributed by atoms with Crippen LogP contribution in [-0.4, -0.2) is 50.4 Å². The van der Waals surface area contributed by atoms with E-state index in [2.05, 4.69) is 39.7 Å². The zero-order valence-corrected chi connectivity index (χ0v) is 21.8. The van der Waals surface area contributed by atoms with E-state index in [0.717, 1.165) is 30.5 Å². The van der Waals surface area contributed by atoms with Crippen molar-refractivity contribution in [3.63, 3.8) is 0 Å². The summed E-state index contributed by atoms with van der Waals surface area (Å²) in [5.41, 5.74) is 4.31. The molecule has 3 aromatic carbocycles. The fraction of sp³-hybridized carbons (Fsp3) is 0.276. The molecule has 1 amide bonds. The molecule has 0 saturated carbocycles. The van der Waals surface area contributed by atoms with Gasteiger partial charge in [-0.15, -0.1) is 0 Å². The van der Waals surface area contributed by atoms with Crippen LogP contribution in [0.25, 0.3) is 10.9 Å². The third-order valence-corrected chi connectivity index (χ3v) is 8.27. The highest BCUT2D eigenvalue weighted by Crippen LogP contribution is 2.27. The lowest BCUT2D eigenvalue weighted by Crippen LogP contribution is -2.48. The second kappa shape index (κ2) is 10.7. The van der Waals surface area contributed by atoms with Crippen LogP contribution in [0.2, 0.25) is 0 Å². The Hall–Kier alpha value is -3.78. The van der Waals surface area contributed by atoms with Crippen LogP contribution in [0.15, 0.2) is 83.9 Å². The molecule has 8 heteroatoms. The number of nitrogens with one attached hydrogen (secondary N) is 2. The SMILES string of the molecule is CCCCc1ccc(NS(=O)(=O)c2cccc(C(=O)N3CCN(c4cccc5[nH]ccc45)CC3)c2)cc1. The molecule has 1 aliphatic rings. The number of benzene rings is 3. The third kappa shape index (κ3) is 5.49. The molecule has 1 fully saturated rings. The monoisotopic (exact) mass is 516 g/mol. The van der Waals surface area contributed by atoms with Gasteiger partial charge < -0.3 is 14.8 Å². The average Bonchev–Trinajstić information content (AvgIpc) is 3.42. The maximum absolute atomic E-state index is 13.3. The minimum atomic E-state index is -3.82. The molecule has 0 bridgehead atoms. The first kappa shape index (κ1) is 24.9. The molecule has 7 nitrogen and oxygen atoms in total. The number of sulfonamides is 1. The Morgan fingerprint density at radius 3 is 2.46 bits per heavy atom. The fourth-order valence-electron chi connectivity index (χ4n) is 4.81. The number of amides is 1. The molecule has 192 valence electrons. The molecular formula is C29H32N4O3S. The van der Waals surface area contributed by atoms with Crippen molar-refractivity contribution < 1.29 is 13.2 Å². The molecule has 0 spiro atoms. The van der Waals surface area contributed by atoms with E-state index in [0.29, 0.717) is 37.4 Å². The largest absolute Gasteiger partial charge is 0.367 e. The van der Waals surface area contributed by atoms with E-state index in [4.69, 9.17) is 0 Å². The Morgan fingerprint density at radius 1 is 0.946 bits per heavy atom. The highest BCUT2D eigenvalue weighted by atomic mass is 32.2. The fourth-order valence-corrected chi connectivity index (χ4v) is 5.91. The lowest BCUT2D eigenvalue weighted by Gasteiger charge is -2.36. The smallest absolute Gasteiger partial charge is 0.261 e. The lowest BCUT2D eigenvalue weighted by atomic mass is 10.1. The molecule has 0 atom stereocenters. The molecule has 2 N–H and O–H groups in total. The van der Waals surface area contributed by atoms with Crippen LogP contribution in [0, 0.1) is 0 Å². The van der Waals surface area contributed by atoms with Gasteiger partial charge in [-0.1, -0.05) is 37.6 Å². The van der Waals surface area contributed by atoms with E-state index < -0.39 is 10.0 Å². The summed E-state index contributed by atoms with van der Waals surface area (Å²) in [6.45, 7) is 4.71. The summed E-state index contributed by atoms with van der Waals surface area (Å²) in [5, 5.41) is 1.17. The van der Waals surface area contributed by atoms with Crippen LogP contribution in [-0.2, 0) is 16.4 Å². The number of unbranched alkanes of at least 4 members (excludes halogenated alkanes) is 1. The zero-order chi connectivity index (χ0) is 25.8. The number of carbonyl (C=O) groups excluding carboxylic acids is 1. The first-order valence-corrected chi connectivity index (χ1v) is 14.2. The van der Waals surface area contributed by atoms with Crippen LogP contribution in [0.5, 0.6) is 0 Å². The van der Waals surface area contributed by atoms with Crippen molar-refractivity contribution in [3.05, 3.63) is 90.1 Å². The van der Waals surface area contributed by atoms with Gasteiger partial charge in [0.15, 0.2) is 0 Å². The normalized spacial score (nSPS) is 14.2. The second-order valence-corrected chi connectivity index (χ2v) is 11.1. The number of H-pyrrole nitrogens is 1. The maximum atomic E-state index is 13.3. The van der Waals surface area contributed by atoms with Gasteiger partial charge >= 0.3 is 0 Å². The summed E-state index contributed by atoms with van der Waals surface area (Å²) in [5.74, 6) is -0.156. The first-order valence-electron chi connectivity index (χ1n) is 12.8. The summed E-state index contributed by atoms with van der Waals surface area (Å²) in [6.07, 6.45) is 5.13. The molecule has 0 aliphatic carbocycles. The molecule has 2 heterocycles. The number of hydrogen-bond acceptors (Lipinski definition) is 4. The molecule has 1 aliphatic heterocycles. The lowest BCUT2D eigenvalue weighted by molar-refractivity contribution is 0.0746. The Labute approximate surface area is 218 Å². The van der Waals surface area contributed by atoms with Crippen LogP contribution in [0.4, 0.5) is 11.4 Å². The van der Waals surface area contributed by atoms with Crippen LogP contribution < -0.4 is 9.62 Å². The number of carbonyl (C=O) groups is 1. The summed E-state index contributed by atoms with van der Waals surface area (Å²) in [6, 6.07) is 22.0. The highest BCUT2D eigenvalue weighted by Gasteiger charge is 2.24. The Morgan fingerprint density at radius 2 is 1.70 bits per heavy atom.